The maximum atomic E-state index is 11.7. The van der Waals surface area contributed by atoms with E-state index in [2.05, 4.69) is 0 Å². The van der Waals surface area contributed by atoms with Gasteiger partial charge in [0.05, 0.1) is 26.1 Å². The third-order valence-corrected chi connectivity index (χ3v) is 3.56. The van der Waals surface area contributed by atoms with Crippen LogP contribution in [0.25, 0.3) is 0 Å². The number of carboxylic acid groups (broad SMARTS) is 2. The number of esters is 2. The molecule has 0 aliphatic carbocycles. The lowest BCUT2D eigenvalue weighted by atomic mass is 10.3. The van der Waals surface area contributed by atoms with Gasteiger partial charge >= 0.3 is 23.9 Å². The van der Waals surface area contributed by atoms with E-state index in [-0.39, 0.29) is 19.6 Å². The number of rotatable bonds is 10. The van der Waals surface area contributed by atoms with Crippen molar-refractivity contribution in [2.75, 3.05) is 13.2 Å². The number of hydrogen-bond donors (Lipinski definition) is 2. The number of hydrogen-bond acceptors (Lipinski definition) is 7. The third kappa shape index (κ3) is 8.18. The van der Waals surface area contributed by atoms with Crippen LogP contribution >= 0.6 is 11.8 Å². The summed E-state index contributed by atoms with van der Waals surface area (Å²) < 4.78 is 9.46. The Labute approximate surface area is 125 Å². The van der Waals surface area contributed by atoms with E-state index in [4.69, 9.17) is 19.7 Å². The fourth-order valence-corrected chi connectivity index (χ4v) is 2.51. The Balaban J connectivity index is 4.91. The summed E-state index contributed by atoms with van der Waals surface area (Å²) in [6.45, 7) is 3.34. The first-order chi connectivity index (χ1) is 9.81. The molecule has 0 spiro atoms. The molecule has 0 bridgehead atoms. The van der Waals surface area contributed by atoms with Crippen molar-refractivity contribution in [2.24, 2.45) is 0 Å². The molecule has 0 radical (unpaired) electrons. The first kappa shape index (κ1) is 19.2. The van der Waals surface area contributed by atoms with E-state index in [0.717, 1.165) is 0 Å². The number of thioether (sulfide) groups is 1. The molecular formula is C12H18O8S. The molecule has 0 aliphatic heterocycles. The van der Waals surface area contributed by atoms with Gasteiger partial charge in [-0.2, -0.15) is 0 Å². The van der Waals surface area contributed by atoms with Gasteiger partial charge in [0.1, 0.15) is 10.5 Å². The van der Waals surface area contributed by atoms with Gasteiger partial charge in [0.15, 0.2) is 0 Å². The molecule has 0 aromatic carbocycles. The number of carboxylic acids is 2. The van der Waals surface area contributed by atoms with E-state index in [1.165, 1.54) is 0 Å². The molecule has 0 aromatic heterocycles. The molecule has 21 heavy (non-hydrogen) atoms. The summed E-state index contributed by atoms with van der Waals surface area (Å²) >= 11 is 0.573. The molecule has 120 valence electrons. The highest BCUT2D eigenvalue weighted by atomic mass is 32.2. The summed E-state index contributed by atoms with van der Waals surface area (Å²) in [7, 11) is 0. The zero-order valence-corrected chi connectivity index (χ0v) is 12.6. The van der Waals surface area contributed by atoms with Crippen LogP contribution in [0.4, 0.5) is 0 Å². The smallest absolute Gasteiger partial charge is 0.319 e. The van der Waals surface area contributed by atoms with Gasteiger partial charge in [0.2, 0.25) is 0 Å². The number of aliphatic carboxylic acids is 2. The second-order valence-corrected chi connectivity index (χ2v) is 5.22. The molecule has 0 aliphatic rings. The molecule has 0 saturated heterocycles. The maximum absolute atomic E-state index is 11.7. The molecular weight excluding hydrogens is 304 g/mol. The molecule has 2 unspecified atom stereocenters. The van der Waals surface area contributed by atoms with Gasteiger partial charge in [-0.3, -0.25) is 19.2 Å². The van der Waals surface area contributed by atoms with Crippen LogP contribution in [-0.2, 0) is 28.7 Å². The quantitative estimate of drug-likeness (QED) is 0.553. The first-order valence-electron chi connectivity index (χ1n) is 6.24. The van der Waals surface area contributed by atoms with Crippen LogP contribution < -0.4 is 0 Å². The average Bonchev–Trinajstić information content (AvgIpc) is 2.36. The fourth-order valence-electron chi connectivity index (χ4n) is 1.34. The average molecular weight is 322 g/mol. The topological polar surface area (TPSA) is 127 Å². The Morgan fingerprint density at radius 2 is 1.52 bits per heavy atom. The second-order valence-electron chi connectivity index (χ2n) is 3.81. The lowest BCUT2D eigenvalue weighted by Gasteiger charge is -2.18. The highest BCUT2D eigenvalue weighted by Crippen LogP contribution is 2.25. The summed E-state index contributed by atoms with van der Waals surface area (Å²) in [5, 5.41) is 15.2. The van der Waals surface area contributed by atoms with Crippen molar-refractivity contribution < 1.29 is 38.9 Å². The fraction of sp³-hybridized carbons (Fsp3) is 0.667. The summed E-state index contributed by atoms with van der Waals surface area (Å²) in [6.07, 6.45) is -1.04. The minimum Gasteiger partial charge on any atom is -0.481 e. The van der Waals surface area contributed by atoms with Crippen LogP contribution in [-0.4, -0.2) is 57.8 Å². The predicted molar refractivity (Wildman–Crippen MR) is 72.9 cm³/mol. The Bertz CT molecular complexity index is 395. The van der Waals surface area contributed by atoms with Crippen LogP contribution in [0.3, 0.4) is 0 Å². The molecule has 0 amide bonds. The van der Waals surface area contributed by atoms with Crippen molar-refractivity contribution in [2.45, 2.75) is 37.2 Å². The zero-order chi connectivity index (χ0) is 16.4. The van der Waals surface area contributed by atoms with Gasteiger partial charge in [0, 0.05) is 0 Å². The van der Waals surface area contributed by atoms with E-state index in [1.54, 1.807) is 13.8 Å². The summed E-state index contributed by atoms with van der Waals surface area (Å²) in [5.74, 6) is -4.14. The van der Waals surface area contributed by atoms with Crippen LogP contribution in [0.1, 0.15) is 26.7 Å². The molecule has 8 nitrogen and oxygen atoms in total. The van der Waals surface area contributed by atoms with Gasteiger partial charge in [-0.25, -0.2) is 0 Å². The summed E-state index contributed by atoms with van der Waals surface area (Å²) in [6, 6.07) is 0. The normalized spacial score (nSPS) is 13.0. The third-order valence-electron chi connectivity index (χ3n) is 2.17. The molecule has 9 heteroatoms. The molecule has 0 rings (SSSR count). The van der Waals surface area contributed by atoms with E-state index in [9.17, 15) is 19.2 Å². The van der Waals surface area contributed by atoms with Crippen LogP contribution in [0.2, 0.25) is 0 Å². The van der Waals surface area contributed by atoms with Crippen LogP contribution in [0.5, 0.6) is 0 Å². The number of carbonyl (C=O) groups excluding carboxylic acids is 2. The maximum Gasteiger partial charge on any atom is 0.319 e. The van der Waals surface area contributed by atoms with Gasteiger partial charge in [-0.15, -0.1) is 11.8 Å². The Hall–Kier alpha value is -1.77. The summed E-state index contributed by atoms with van der Waals surface area (Å²) in [5.41, 5.74) is 0. The largest absolute Gasteiger partial charge is 0.481 e. The minimum atomic E-state index is -1.37. The Morgan fingerprint density at radius 1 is 0.952 bits per heavy atom. The highest BCUT2D eigenvalue weighted by molar-refractivity contribution is 8.01. The van der Waals surface area contributed by atoms with Crippen molar-refractivity contribution in [3.05, 3.63) is 0 Å². The van der Waals surface area contributed by atoms with Crippen molar-refractivity contribution >= 4 is 35.6 Å². The minimum absolute atomic E-state index is 0.0649. The van der Waals surface area contributed by atoms with Crippen molar-refractivity contribution in [1.82, 2.24) is 0 Å². The number of carbonyl (C=O) groups is 4. The van der Waals surface area contributed by atoms with Crippen molar-refractivity contribution in [3.63, 3.8) is 0 Å². The molecule has 0 heterocycles. The number of ether oxygens (including phenoxy) is 2. The van der Waals surface area contributed by atoms with Gasteiger partial charge < -0.3 is 19.7 Å². The molecule has 2 N–H and O–H groups in total. The van der Waals surface area contributed by atoms with Crippen LogP contribution in [0, 0.1) is 0 Å². The molecule has 0 fully saturated rings. The van der Waals surface area contributed by atoms with Crippen molar-refractivity contribution in [3.8, 4) is 0 Å². The Kier molecular flexibility index (Phi) is 9.18. The Morgan fingerprint density at radius 3 is 1.95 bits per heavy atom. The van der Waals surface area contributed by atoms with Gasteiger partial charge in [-0.05, 0) is 13.8 Å². The molecule has 2 atom stereocenters. The highest BCUT2D eigenvalue weighted by Gasteiger charge is 2.32. The monoisotopic (exact) mass is 322 g/mol. The molecule has 0 saturated carbocycles. The summed E-state index contributed by atoms with van der Waals surface area (Å²) in [4.78, 5) is 44.8. The molecule has 0 aromatic rings. The van der Waals surface area contributed by atoms with Gasteiger partial charge in [-0.1, -0.05) is 0 Å². The second kappa shape index (κ2) is 10.0. The van der Waals surface area contributed by atoms with Gasteiger partial charge in [0.25, 0.3) is 0 Å². The van der Waals surface area contributed by atoms with Crippen molar-refractivity contribution in [1.29, 1.82) is 0 Å². The van der Waals surface area contributed by atoms with E-state index in [0.29, 0.717) is 11.8 Å². The van der Waals surface area contributed by atoms with E-state index in [1.807, 2.05) is 0 Å². The first-order valence-corrected chi connectivity index (χ1v) is 7.18. The van der Waals surface area contributed by atoms with E-state index < -0.39 is 40.8 Å². The van der Waals surface area contributed by atoms with E-state index >= 15 is 0 Å². The van der Waals surface area contributed by atoms with Crippen LogP contribution in [0.15, 0.2) is 0 Å². The zero-order valence-electron chi connectivity index (χ0n) is 11.7. The lowest BCUT2D eigenvalue weighted by molar-refractivity contribution is -0.149. The standard InChI is InChI=1S/C12H18O8S/c1-3-19-10(15)6-8(12(18)20-4-2)21-7(11(16)17)5-9(13)14/h7-8H,3-6H2,1-2H3,(H,13,14)(H,16,17). The predicted octanol–water partition coefficient (Wildman–Crippen LogP) is 0.532. The lowest BCUT2D eigenvalue weighted by Crippen LogP contribution is -2.30. The SMILES string of the molecule is CCOC(=O)CC(SC(CC(=O)O)C(=O)O)C(=O)OCC.